The summed E-state index contributed by atoms with van der Waals surface area (Å²) in [7, 11) is 0. The summed E-state index contributed by atoms with van der Waals surface area (Å²) in [5.74, 6) is 0.466. The van der Waals surface area contributed by atoms with Gasteiger partial charge >= 0.3 is 0 Å². The van der Waals surface area contributed by atoms with Crippen molar-refractivity contribution in [3.63, 3.8) is 0 Å². The van der Waals surface area contributed by atoms with E-state index < -0.39 is 5.92 Å². The Bertz CT molecular complexity index is 1870. The quantitative estimate of drug-likeness (QED) is 0.204. The molecular formula is C41H40BrNO3. The molecule has 4 nitrogen and oxygen atoms in total. The number of carbonyl (C=O) groups is 2. The summed E-state index contributed by atoms with van der Waals surface area (Å²) in [6.45, 7) is 9.73. The molecule has 0 aromatic heterocycles. The van der Waals surface area contributed by atoms with Crippen molar-refractivity contribution in [3.05, 3.63) is 135 Å². The van der Waals surface area contributed by atoms with Crippen molar-refractivity contribution in [1.82, 2.24) is 4.90 Å². The summed E-state index contributed by atoms with van der Waals surface area (Å²) >= 11 is 3.72. The number of benzene rings is 4. The monoisotopic (exact) mass is 673 g/mol. The van der Waals surface area contributed by atoms with E-state index in [9.17, 15) is 9.59 Å². The Morgan fingerprint density at radius 3 is 2.02 bits per heavy atom. The number of fused-ring (bicyclic) bond motifs is 1. The van der Waals surface area contributed by atoms with E-state index in [-0.39, 0.29) is 22.4 Å². The maximum Gasteiger partial charge on any atom is 0.162 e. The molecule has 1 heterocycles. The molecule has 0 saturated heterocycles. The van der Waals surface area contributed by atoms with E-state index in [0.29, 0.717) is 31.7 Å². The molecule has 0 atom stereocenters. The second-order valence-corrected chi connectivity index (χ2v) is 15.6. The third kappa shape index (κ3) is 5.75. The molecule has 0 spiro atoms. The molecule has 3 aliphatic rings. The molecule has 7 rings (SSSR count). The fourth-order valence-corrected chi connectivity index (χ4v) is 8.14. The van der Waals surface area contributed by atoms with Crippen LogP contribution in [0.25, 0.3) is 10.8 Å². The van der Waals surface area contributed by atoms with Crippen LogP contribution in [0, 0.1) is 10.8 Å². The zero-order valence-corrected chi connectivity index (χ0v) is 28.6. The fraction of sp³-hybridized carbons (Fsp3) is 0.317. The van der Waals surface area contributed by atoms with Gasteiger partial charge in [0.25, 0.3) is 0 Å². The van der Waals surface area contributed by atoms with Crippen molar-refractivity contribution in [2.45, 2.75) is 72.4 Å². The van der Waals surface area contributed by atoms with Crippen molar-refractivity contribution < 1.29 is 14.3 Å². The van der Waals surface area contributed by atoms with Crippen molar-refractivity contribution in [2.75, 3.05) is 0 Å². The number of hydrogen-bond acceptors (Lipinski definition) is 4. The molecule has 46 heavy (non-hydrogen) atoms. The summed E-state index contributed by atoms with van der Waals surface area (Å²) in [4.78, 5) is 31.1. The number of Topliss-reactive ketones (excluding diaryl/α,β-unsaturated/α-hetero) is 2. The Morgan fingerprint density at radius 2 is 1.35 bits per heavy atom. The number of carbonyl (C=O) groups excluding carboxylic acids is 2. The first-order chi connectivity index (χ1) is 22.0. The molecular weight excluding hydrogens is 634 g/mol. The van der Waals surface area contributed by atoms with E-state index >= 15 is 0 Å². The first-order valence-electron chi connectivity index (χ1n) is 16.2. The van der Waals surface area contributed by atoms with Gasteiger partial charge in [-0.1, -0.05) is 116 Å². The minimum Gasteiger partial charge on any atom is -0.489 e. The Balaban J connectivity index is 1.40. The molecule has 1 aliphatic heterocycles. The topological polar surface area (TPSA) is 46.6 Å². The summed E-state index contributed by atoms with van der Waals surface area (Å²) < 4.78 is 7.56. The first kappa shape index (κ1) is 30.7. The number of rotatable bonds is 6. The summed E-state index contributed by atoms with van der Waals surface area (Å²) in [6.07, 6.45) is 2.43. The Kier molecular flexibility index (Phi) is 7.79. The van der Waals surface area contributed by atoms with Gasteiger partial charge in [-0.05, 0) is 63.8 Å². The molecule has 0 amide bonds. The lowest BCUT2D eigenvalue weighted by Gasteiger charge is -2.49. The molecule has 4 aromatic carbocycles. The van der Waals surface area contributed by atoms with Gasteiger partial charge in [-0.25, -0.2) is 0 Å². The van der Waals surface area contributed by atoms with Crippen LogP contribution in [0.15, 0.2) is 118 Å². The highest BCUT2D eigenvalue weighted by Gasteiger charge is 2.49. The van der Waals surface area contributed by atoms with Crippen LogP contribution in [0.1, 0.15) is 76.0 Å². The average molecular weight is 675 g/mol. The minimum absolute atomic E-state index is 0.124. The number of nitrogens with zero attached hydrogens (tertiary/aromatic N) is 1. The van der Waals surface area contributed by atoms with Crippen molar-refractivity contribution >= 4 is 38.3 Å². The maximum absolute atomic E-state index is 14.4. The lowest BCUT2D eigenvalue weighted by atomic mass is 9.63. The second kappa shape index (κ2) is 11.7. The Morgan fingerprint density at radius 1 is 0.739 bits per heavy atom. The normalized spacial score (nSPS) is 19.4. The SMILES string of the molecule is CC1(C)CC(=O)C2=C(C1)N(Cc1ccccc1)C1=C(C(=O)CC(C)(C)C1)C2c1cc(Br)ccc1OCc1cccc2ccccc12. The van der Waals surface area contributed by atoms with E-state index in [0.717, 1.165) is 61.9 Å². The molecule has 0 fully saturated rings. The highest BCUT2D eigenvalue weighted by Crippen LogP contribution is 2.56. The zero-order chi connectivity index (χ0) is 32.2. The number of halogens is 1. The van der Waals surface area contributed by atoms with Crippen LogP contribution in [-0.2, 0) is 22.7 Å². The lowest BCUT2D eigenvalue weighted by molar-refractivity contribution is -0.119. The average Bonchev–Trinajstić information content (AvgIpc) is 3.00. The minimum atomic E-state index is -0.482. The van der Waals surface area contributed by atoms with Crippen LogP contribution >= 0.6 is 15.9 Å². The Labute approximate surface area is 280 Å². The molecule has 0 radical (unpaired) electrons. The smallest absolute Gasteiger partial charge is 0.162 e. The maximum atomic E-state index is 14.4. The molecule has 0 bridgehead atoms. The van der Waals surface area contributed by atoms with Gasteiger partial charge in [0.15, 0.2) is 11.6 Å². The summed E-state index contributed by atoms with van der Waals surface area (Å²) in [6, 6.07) is 31.0. The fourth-order valence-electron chi connectivity index (χ4n) is 7.77. The largest absolute Gasteiger partial charge is 0.489 e. The molecule has 0 N–H and O–H groups in total. The van der Waals surface area contributed by atoms with Crippen LogP contribution in [0.5, 0.6) is 5.75 Å². The van der Waals surface area contributed by atoms with E-state index in [1.165, 1.54) is 5.39 Å². The number of ether oxygens (including phenoxy) is 1. The molecule has 0 unspecified atom stereocenters. The standard InChI is InChI=1S/C41H40BrNO3/c1-40(2)20-32-38(34(44)22-40)37(39-33(21-41(3,4)23-35(39)45)43(32)24-26-11-6-5-7-12-26)31-19-29(42)17-18-36(31)46-25-28-15-10-14-27-13-8-9-16-30(27)28/h5-19,37H,20-25H2,1-4H3. The van der Waals surface area contributed by atoms with E-state index in [4.69, 9.17) is 4.74 Å². The van der Waals surface area contributed by atoms with Gasteiger partial charge in [-0.15, -0.1) is 0 Å². The van der Waals surface area contributed by atoms with Crippen molar-refractivity contribution in [3.8, 4) is 5.75 Å². The number of ketones is 2. The van der Waals surface area contributed by atoms with Crippen LogP contribution < -0.4 is 4.74 Å². The van der Waals surface area contributed by atoms with Gasteiger partial charge in [0.1, 0.15) is 12.4 Å². The van der Waals surface area contributed by atoms with Gasteiger partial charge in [-0.2, -0.15) is 0 Å². The third-order valence-corrected chi connectivity index (χ3v) is 10.2. The zero-order valence-electron chi connectivity index (χ0n) is 27.0. The van der Waals surface area contributed by atoms with Gasteiger partial charge in [0.2, 0.25) is 0 Å². The van der Waals surface area contributed by atoms with Crippen LogP contribution in [-0.4, -0.2) is 16.5 Å². The summed E-state index contributed by atoms with van der Waals surface area (Å²) in [5, 5.41) is 2.32. The number of allylic oxidation sites excluding steroid dienone is 4. The molecule has 0 saturated carbocycles. The molecule has 4 aromatic rings. The van der Waals surface area contributed by atoms with E-state index in [1.54, 1.807) is 0 Å². The number of hydrogen-bond donors (Lipinski definition) is 0. The predicted molar refractivity (Wildman–Crippen MR) is 187 cm³/mol. The summed E-state index contributed by atoms with van der Waals surface area (Å²) in [5.41, 5.74) is 6.38. The highest BCUT2D eigenvalue weighted by molar-refractivity contribution is 9.10. The predicted octanol–water partition coefficient (Wildman–Crippen LogP) is 10.1. The van der Waals surface area contributed by atoms with Gasteiger partial charge in [0.05, 0.1) is 0 Å². The van der Waals surface area contributed by atoms with E-state index in [2.05, 4.69) is 115 Å². The Hall–Kier alpha value is -3.96. The lowest BCUT2D eigenvalue weighted by Crippen LogP contribution is -2.44. The highest BCUT2D eigenvalue weighted by atomic mass is 79.9. The third-order valence-electron chi connectivity index (χ3n) is 9.75. The van der Waals surface area contributed by atoms with Gasteiger partial charge < -0.3 is 9.64 Å². The van der Waals surface area contributed by atoms with Crippen LogP contribution in [0.2, 0.25) is 0 Å². The molecule has 234 valence electrons. The van der Waals surface area contributed by atoms with Crippen LogP contribution in [0.3, 0.4) is 0 Å². The molecule has 5 heteroatoms. The second-order valence-electron chi connectivity index (χ2n) is 14.7. The molecule has 2 aliphatic carbocycles. The van der Waals surface area contributed by atoms with Crippen LogP contribution in [0.4, 0.5) is 0 Å². The van der Waals surface area contributed by atoms with Gasteiger partial charge in [0, 0.05) is 57.9 Å². The first-order valence-corrected chi connectivity index (χ1v) is 17.0. The van der Waals surface area contributed by atoms with E-state index in [1.807, 2.05) is 24.3 Å². The van der Waals surface area contributed by atoms with Crippen molar-refractivity contribution in [1.29, 1.82) is 0 Å². The van der Waals surface area contributed by atoms with Crippen molar-refractivity contribution in [2.24, 2.45) is 10.8 Å². The van der Waals surface area contributed by atoms with Gasteiger partial charge in [-0.3, -0.25) is 9.59 Å².